The van der Waals surface area contributed by atoms with E-state index in [1.165, 1.54) is 11.3 Å². The third kappa shape index (κ3) is 4.95. The standard InChI is InChI=1S/C23H22ClN7O4S/c1-3-34-20(32)16-12(2)25-22(36-16)29-21-26-17(24)15-5-4-10-31(19(15)28-21)11-13-6-8-14(9-7-13)18-27-23(33)35-30-18/h6-9H,3-5,10-11H2,1-2H3,(H,27,30,33)(H,25,26,28,29). The largest absolute Gasteiger partial charge is 0.462 e. The van der Waals surface area contributed by atoms with Crippen molar-refractivity contribution in [2.45, 2.75) is 33.2 Å². The van der Waals surface area contributed by atoms with Gasteiger partial charge in [0.05, 0.1) is 12.3 Å². The number of thiazole rings is 1. The summed E-state index contributed by atoms with van der Waals surface area (Å²) in [4.78, 5) is 42.0. The highest BCUT2D eigenvalue weighted by Crippen LogP contribution is 2.34. The van der Waals surface area contributed by atoms with Gasteiger partial charge in [0.25, 0.3) is 0 Å². The van der Waals surface area contributed by atoms with E-state index in [9.17, 15) is 9.59 Å². The Morgan fingerprint density at radius 3 is 2.81 bits per heavy atom. The van der Waals surface area contributed by atoms with Crippen LogP contribution >= 0.6 is 22.9 Å². The van der Waals surface area contributed by atoms with Crippen molar-refractivity contribution in [2.75, 3.05) is 23.4 Å². The average molecular weight is 528 g/mol. The second-order valence-corrected chi connectivity index (χ2v) is 9.44. The van der Waals surface area contributed by atoms with Crippen LogP contribution in [0.25, 0.3) is 11.4 Å². The average Bonchev–Trinajstić information content (AvgIpc) is 3.45. The van der Waals surface area contributed by atoms with Gasteiger partial charge in [0, 0.05) is 24.2 Å². The topological polar surface area (TPSA) is 139 Å². The minimum absolute atomic E-state index is 0.292. The molecule has 5 rings (SSSR count). The van der Waals surface area contributed by atoms with Crippen molar-refractivity contribution in [3.63, 3.8) is 0 Å². The third-order valence-electron chi connectivity index (χ3n) is 5.61. The number of H-pyrrole nitrogens is 1. The lowest BCUT2D eigenvalue weighted by atomic mass is 10.1. The van der Waals surface area contributed by atoms with Crippen molar-refractivity contribution in [1.82, 2.24) is 25.1 Å². The fourth-order valence-electron chi connectivity index (χ4n) is 3.96. The molecule has 0 saturated carbocycles. The number of rotatable bonds is 7. The van der Waals surface area contributed by atoms with E-state index in [0.29, 0.717) is 45.8 Å². The van der Waals surface area contributed by atoms with Crippen LogP contribution in [-0.2, 0) is 17.7 Å². The Balaban J connectivity index is 1.37. The van der Waals surface area contributed by atoms with Crippen LogP contribution < -0.4 is 16.0 Å². The first-order valence-electron chi connectivity index (χ1n) is 11.3. The van der Waals surface area contributed by atoms with Crippen LogP contribution in [0.4, 0.5) is 16.9 Å². The molecule has 0 bridgehead atoms. The molecule has 0 spiro atoms. The molecule has 1 aromatic carbocycles. The molecule has 13 heteroatoms. The molecule has 0 amide bonds. The number of ether oxygens (including phenoxy) is 1. The summed E-state index contributed by atoms with van der Waals surface area (Å²) in [7, 11) is 0. The van der Waals surface area contributed by atoms with E-state index >= 15 is 0 Å². The van der Waals surface area contributed by atoms with Crippen molar-refractivity contribution in [3.8, 4) is 11.4 Å². The zero-order valence-corrected chi connectivity index (χ0v) is 21.1. The zero-order valence-electron chi connectivity index (χ0n) is 19.5. The summed E-state index contributed by atoms with van der Waals surface area (Å²) in [5, 5.41) is 7.67. The molecule has 36 heavy (non-hydrogen) atoms. The number of hydrogen-bond acceptors (Lipinski definition) is 11. The third-order valence-corrected chi connectivity index (χ3v) is 6.97. The minimum Gasteiger partial charge on any atom is -0.462 e. The van der Waals surface area contributed by atoms with Crippen LogP contribution in [0.1, 0.15) is 39.8 Å². The Labute approximate surface area is 214 Å². The summed E-state index contributed by atoms with van der Waals surface area (Å²) in [5.74, 6) is 0.448. The molecule has 0 unspecified atom stereocenters. The quantitative estimate of drug-likeness (QED) is 0.266. The Kier molecular flexibility index (Phi) is 6.70. The second kappa shape index (κ2) is 10.1. The highest BCUT2D eigenvalue weighted by Gasteiger charge is 2.24. The number of benzene rings is 1. The lowest BCUT2D eigenvalue weighted by Gasteiger charge is -2.30. The lowest BCUT2D eigenvalue weighted by molar-refractivity contribution is 0.0531. The predicted molar refractivity (Wildman–Crippen MR) is 135 cm³/mol. The molecule has 0 fully saturated rings. The molecule has 1 aliphatic rings. The van der Waals surface area contributed by atoms with Gasteiger partial charge in [-0.1, -0.05) is 52.4 Å². The number of halogens is 1. The van der Waals surface area contributed by atoms with E-state index in [-0.39, 0.29) is 0 Å². The van der Waals surface area contributed by atoms with Gasteiger partial charge in [-0.25, -0.2) is 19.6 Å². The van der Waals surface area contributed by atoms with E-state index in [1.54, 1.807) is 13.8 Å². The van der Waals surface area contributed by atoms with Crippen LogP contribution in [-0.4, -0.2) is 44.2 Å². The van der Waals surface area contributed by atoms with E-state index in [1.807, 2.05) is 24.3 Å². The smallest absolute Gasteiger partial charge is 0.439 e. The number of aromatic amines is 1. The van der Waals surface area contributed by atoms with Crippen molar-refractivity contribution in [3.05, 3.63) is 61.7 Å². The normalized spacial score (nSPS) is 12.9. The number of nitrogens with zero attached hydrogens (tertiary/aromatic N) is 5. The highest BCUT2D eigenvalue weighted by atomic mass is 35.5. The Hall–Kier alpha value is -3.77. The number of carbonyl (C=O) groups is 1. The molecule has 2 N–H and O–H groups in total. The second-order valence-electron chi connectivity index (χ2n) is 8.08. The molecule has 0 radical (unpaired) electrons. The molecule has 1 aliphatic heterocycles. The van der Waals surface area contributed by atoms with Gasteiger partial charge in [-0.3, -0.25) is 14.8 Å². The summed E-state index contributed by atoms with van der Waals surface area (Å²) in [6, 6.07) is 7.68. The molecule has 4 aromatic rings. The molecular formula is C23H22ClN7O4S. The highest BCUT2D eigenvalue weighted by molar-refractivity contribution is 7.17. The first-order valence-corrected chi connectivity index (χ1v) is 12.5. The van der Waals surface area contributed by atoms with Crippen LogP contribution in [0.15, 0.2) is 33.6 Å². The van der Waals surface area contributed by atoms with Crippen LogP contribution in [0.5, 0.6) is 0 Å². The summed E-state index contributed by atoms with van der Waals surface area (Å²) in [6.45, 7) is 5.22. The first-order chi connectivity index (χ1) is 17.4. The maximum Gasteiger partial charge on any atom is 0.439 e. The van der Waals surface area contributed by atoms with Gasteiger partial charge >= 0.3 is 11.7 Å². The number of fused-ring (bicyclic) bond motifs is 1. The van der Waals surface area contributed by atoms with Gasteiger partial charge in [-0.15, -0.1) is 0 Å². The number of hydrogen-bond donors (Lipinski definition) is 2. The maximum atomic E-state index is 12.1. The SMILES string of the molecule is CCOC(=O)c1sc(Nc2nc(Cl)c3c(n2)N(Cc2ccc(-c4noc(=O)[nH]4)cc2)CCC3)nc1C. The van der Waals surface area contributed by atoms with Crippen molar-refractivity contribution in [1.29, 1.82) is 0 Å². The fraction of sp³-hybridized carbons (Fsp3) is 0.304. The van der Waals surface area contributed by atoms with Crippen LogP contribution in [0.3, 0.4) is 0 Å². The molecule has 3 aromatic heterocycles. The van der Waals surface area contributed by atoms with Crippen molar-refractivity contribution in [2.24, 2.45) is 0 Å². The molecular weight excluding hydrogens is 506 g/mol. The van der Waals surface area contributed by atoms with Crippen LogP contribution in [0, 0.1) is 6.92 Å². The van der Waals surface area contributed by atoms with Gasteiger partial charge in [0.15, 0.2) is 11.0 Å². The van der Waals surface area contributed by atoms with E-state index < -0.39 is 11.7 Å². The van der Waals surface area contributed by atoms with Crippen molar-refractivity contribution < 1.29 is 14.1 Å². The van der Waals surface area contributed by atoms with Gasteiger partial charge in [0.2, 0.25) is 5.95 Å². The Morgan fingerprint density at radius 1 is 1.28 bits per heavy atom. The number of anilines is 3. The molecule has 11 nitrogen and oxygen atoms in total. The van der Waals surface area contributed by atoms with E-state index in [4.69, 9.17) is 21.3 Å². The zero-order chi connectivity index (χ0) is 25.2. The summed E-state index contributed by atoms with van der Waals surface area (Å²) in [5.41, 5.74) is 3.27. The number of aromatic nitrogens is 5. The number of nitrogens with one attached hydrogen (secondary N) is 2. The summed E-state index contributed by atoms with van der Waals surface area (Å²) < 4.78 is 9.67. The van der Waals surface area contributed by atoms with Crippen LogP contribution in [0.2, 0.25) is 5.15 Å². The monoisotopic (exact) mass is 527 g/mol. The summed E-state index contributed by atoms with van der Waals surface area (Å²) >= 11 is 7.73. The van der Waals surface area contributed by atoms with Gasteiger partial charge < -0.3 is 9.64 Å². The van der Waals surface area contributed by atoms with Gasteiger partial charge in [0.1, 0.15) is 15.8 Å². The number of esters is 1. The Morgan fingerprint density at radius 2 is 2.08 bits per heavy atom. The minimum atomic E-state index is -0.593. The van der Waals surface area contributed by atoms with E-state index in [2.05, 4.69) is 34.8 Å². The fourth-order valence-corrected chi connectivity index (χ4v) is 5.07. The maximum absolute atomic E-state index is 12.1. The van der Waals surface area contributed by atoms with Crippen molar-refractivity contribution >= 4 is 45.8 Å². The molecule has 4 heterocycles. The first kappa shape index (κ1) is 23.9. The molecule has 0 saturated heterocycles. The van der Waals surface area contributed by atoms with E-state index in [0.717, 1.165) is 41.9 Å². The molecule has 0 aliphatic carbocycles. The molecule has 0 atom stereocenters. The van der Waals surface area contributed by atoms with Gasteiger partial charge in [-0.05, 0) is 32.3 Å². The summed E-state index contributed by atoms with van der Waals surface area (Å²) in [6.07, 6.45) is 1.71. The Bertz CT molecular complexity index is 1460. The lowest BCUT2D eigenvalue weighted by Crippen LogP contribution is -2.30. The number of aryl methyl sites for hydroxylation is 1. The number of carbonyl (C=O) groups excluding carboxylic acids is 1. The predicted octanol–water partition coefficient (Wildman–Crippen LogP) is 4.11. The van der Waals surface area contributed by atoms with Gasteiger partial charge in [-0.2, -0.15) is 4.98 Å². The molecule has 186 valence electrons.